The number of pyridine rings is 2. The SMILES string of the molecule is C=CN(CCC(=O)NC)c1ccc(N2CCC(CN3CCN(c4ccc(-c5cnc6n[nH]c(-c7ccc([C@@H](C)NC(=O)c8noc(C(C)(C)C)n8)c(C)c7)c6c5)cc4)CC3)CC2)nc1. The Kier molecular flexibility index (Phi) is 13.1. The molecule has 0 saturated carbocycles. The quantitative estimate of drug-likeness (QED) is 0.100. The number of piperazine rings is 1. The number of amides is 2. The number of benzene rings is 2. The number of aromatic amines is 1. The number of fused-ring (bicyclic) bond motifs is 1. The summed E-state index contributed by atoms with van der Waals surface area (Å²) >= 11 is 0. The highest BCUT2D eigenvalue weighted by atomic mass is 16.5. The van der Waals surface area contributed by atoms with Gasteiger partial charge in [0.2, 0.25) is 11.8 Å². The number of carbonyl (C=O) groups is 2. The monoisotopic (exact) mass is 864 g/mol. The fourth-order valence-electron chi connectivity index (χ4n) is 8.73. The van der Waals surface area contributed by atoms with E-state index in [0.717, 1.165) is 109 Å². The largest absolute Gasteiger partial charge is 0.369 e. The van der Waals surface area contributed by atoms with Crippen LogP contribution >= 0.6 is 0 Å². The summed E-state index contributed by atoms with van der Waals surface area (Å²) in [5.74, 6) is 1.77. The predicted octanol–water partition coefficient (Wildman–Crippen LogP) is 7.29. The van der Waals surface area contributed by atoms with Crippen LogP contribution in [0.15, 0.2) is 90.4 Å². The van der Waals surface area contributed by atoms with Crippen molar-refractivity contribution in [1.82, 2.24) is 45.8 Å². The molecule has 15 heteroatoms. The predicted molar refractivity (Wildman–Crippen MR) is 252 cm³/mol. The fraction of sp³-hybridized carbons (Fsp3) is 0.408. The van der Waals surface area contributed by atoms with E-state index in [9.17, 15) is 9.59 Å². The van der Waals surface area contributed by atoms with Gasteiger partial charge in [-0.15, -0.1) is 0 Å². The Hall–Kier alpha value is -6.61. The van der Waals surface area contributed by atoms with E-state index in [4.69, 9.17) is 14.5 Å². The average Bonchev–Trinajstić information content (AvgIpc) is 3.99. The zero-order valence-corrected chi connectivity index (χ0v) is 37.9. The standard InChI is InChI=1S/C49H60N12O3/c1-8-59(22-19-43(62)50-7)39-14-16-42(51-30-39)61-20-17-34(18-21-61)31-58-23-25-60(26-24-58)38-12-9-35(10-13-38)37-28-41-44(55-56-45(41)52-29-37)36-11-15-40(32(2)27-36)33(3)53-47(63)46-54-48(64-57-46)49(4,5)6/h8-16,27-30,33-34H,1,17-26,31H2,2-7H3,(H,50,62)(H,53,63)(H,52,55,56)/t33-/m1/s1. The molecular weight excluding hydrogens is 805 g/mol. The van der Waals surface area contributed by atoms with Crippen molar-refractivity contribution in [2.45, 2.75) is 65.3 Å². The number of nitrogens with one attached hydrogen (secondary N) is 3. The molecule has 2 aliphatic heterocycles. The van der Waals surface area contributed by atoms with E-state index in [2.05, 4.69) is 101 Å². The van der Waals surface area contributed by atoms with Crippen molar-refractivity contribution in [1.29, 1.82) is 0 Å². The van der Waals surface area contributed by atoms with Gasteiger partial charge in [0.1, 0.15) is 5.82 Å². The van der Waals surface area contributed by atoms with Crippen LogP contribution in [-0.4, -0.2) is 106 Å². The number of hydrogen-bond acceptors (Lipinski definition) is 12. The molecule has 2 saturated heterocycles. The van der Waals surface area contributed by atoms with Crippen LogP contribution in [0.5, 0.6) is 0 Å². The zero-order chi connectivity index (χ0) is 45.0. The first-order valence-electron chi connectivity index (χ1n) is 22.4. The molecule has 0 radical (unpaired) electrons. The summed E-state index contributed by atoms with van der Waals surface area (Å²) in [4.78, 5) is 47.9. The van der Waals surface area contributed by atoms with Gasteiger partial charge in [0.25, 0.3) is 11.7 Å². The molecule has 2 aromatic carbocycles. The lowest BCUT2D eigenvalue weighted by Crippen LogP contribution is -2.49. The van der Waals surface area contributed by atoms with Crippen molar-refractivity contribution in [3.63, 3.8) is 0 Å². The van der Waals surface area contributed by atoms with Crippen molar-refractivity contribution >= 4 is 40.0 Å². The first-order chi connectivity index (χ1) is 30.9. The number of aromatic nitrogens is 6. The molecule has 2 aliphatic rings. The van der Waals surface area contributed by atoms with Crippen LogP contribution in [0.3, 0.4) is 0 Å². The zero-order valence-electron chi connectivity index (χ0n) is 37.9. The third-order valence-electron chi connectivity index (χ3n) is 12.6. The minimum absolute atomic E-state index is 0.00763. The molecule has 0 bridgehead atoms. The topological polar surface area (TPSA) is 165 Å². The summed E-state index contributed by atoms with van der Waals surface area (Å²) in [5.41, 5.74) is 8.53. The van der Waals surface area contributed by atoms with Gasteiger partial charge in [-0.05, 0) is 91.9 Å². The molecule has 4 aromatic heterocycles. The Morgan fingerprint density at radius 2 is 1.69 bits per heavy atom. The average molecular weight is 865 g/mol. The van der Waals surface area contributed by atoms with E-state index in [1.54, 1.807) is 13.2 Å². The minimum atomic E-state index is -0.379. The molecule has 0 aliphatic carbocycles. The van der Waals surface area contributed by atoms with Gasteiger partial charge >= 0.3 is 0 Å². The number of rotatable bonds is 14. The number of aryl methyl sites for hydroxylation is 1. The van der Waals surface area contributed by atoms with E-state index in [0.29, 0.717) is 30.4 Å². The van der Waals surface area contributed by atoms with E-state index in [1.807, 2.05) is 64.0 Å². The lowest BCUT2D eigenvalue weighted by atomic mass is 9.96. The Balaban J connectivity index is 0.824. The molecule has 15 nitrogen and oxygen atoms in total. The van der Waals surface area contributed by atoms with E-state index in [1.165, 1.54) is 5.69 Å². The van der Waals surface area contributed by atoms with E-state index >= 15 is 0 Å². The van der Waals surface area contributed by atoms with Crippen molar-refractivity contribution < 1.29 is 14.1 Å². The van der Waals surface area contributed by atoms with Crippen LogP contribution in [0, 0.1) is 12.8 Å². The molecule has 1 atom stereocenters. The first kappa shape index (κ1) is 44.0. The van der Waals surface area contributed by atoms with Crippen LogP contribution in [0.25, 0.3) is 33.4 Å². The van der Waals surface area contributed by atoms with Crippen molar-refractivity contribution in [3.05, 3.63) is 109 Å². The summed E-state index contributed by atoms with van der Waals surface area (Å²) < 4.78 is 5.32. The Labute approximate surface area is 375 Å². The molecule has 3 N–H and O–H groups in total. The van der Waals surface area contributed by atoms with Gasteiger partial charge in [-0.25, -0.2) is 9.97 Å². The highest BCUT2D eigenvalue weighted by Crippen LogP contribution is 2.33. The van der Waals surface area contributed by atoms with E-state index in [-0.39, 0.29) is 29.1 Å². The minimum Gasteiger partial charge on any atom is -0.369 e. The number of H-pyrrole nitrogens is 1. The van der Waals surface area contributed by atoms with Gasteiger partial charge in [-0.2, -0.15) is 10.1 Å². The van der Waals surface area contributed by atoms with Crippen LogP contribution in [-0.2, 0) is 10.2 Å². The second-order valence-corrected chi connectivity index (χ2v) is 18.1. The number of nitrogens with zero attached hydrogens (tertiary/aromatic N) is 9. The van der Waals surface area contributed by atoms with Gasteiger partial charge in [0.15, 0.2) is 5.65 Å². The number of carbonyl (C=O) groups excluding carboxylic acids is 2. The molecule has 64 heavy (non-hydrogen) atoms. The maximum Gasteiger partial charge on any atom is 0.293 e. The number of anilines is 3. The molecule has 2 amide bonds. The number of piperidine rings is 1. The number of hydrogen-bond donors (Lipinski definition) is 3. The summed E-state index contributed by atoms with van der Waals surface area (Å²) in [5, 5.41) is 18.3. The smallest absolute Gasteiger partial charge is 0.293 e. The lowest BCUT2D eigenvalue weighted by Gasteiger charge is -2.40. The summed E-state index contributed by atoms with van der Waals surface area (Å²) in [7, 11) is 1.65. The maximum absolute atomic E-state index is 13.0. The van der Waals surface area contributed by atoms with Gasteiger partial charge in [-0.1, -0.05) is 56.8 Å². The van der Waals surface area contributed by atoms with E-state index < -0.39 is 0 Å². The van der Waals surface area contributed by atoms with Gasteiger partial charge in [0, 0.05) is 99.6 Å². The van der Waals surface area contributed by atoms with Crippen molar-refractivity contribution in [2.24, 2.45) is 5.92 Å². The fourth-order valence-corrected chi connectivity index (χ4v) is 8.73. The highest BCUT2D eigenvalue weighted by molar-refractivity contribution is 5.94. The molecule has 6 heterocycles. The Bertz CT molecular complexity index is 2560. The van der Waals surface area contributed by atoms with Crippen molar-refractivity contribution in [3.8, 4) is 22.4 Å². The van der Waals surface area contributed by atoms with Crippen LogP contribution in [0.2, 0.25) is 0 Å². The lowest BCUT2D eigenvalue weighted by molar-refractivity contribution is -0.120. The highest BCUT2D eigenvalue weighted by Gasteiger charge is 2.27. The third-order valence-corrected chi connectivity index (χ3v) is 12.6. The molecule has 0 unspecified atom stereocenters. The molecule has 6 aromatic rings. The Morgan fingerprint density at radius 3 is 2.34 bits per heavy atom. The van der Waals surface area contributed by atoms with Gasteiger partial charge in [-0.3, -0.25) is 19.6 Å². The Morgan fingerprint density at radius 1 is 0.938 bits per heavy atom. The summed E-state index contributed by atoms with van der Waals surface area (Å²) in [6, 6.07) is 21.1. The normalized spacial score (nSPS) is 15.6. The van der Waals surface area contributed by atoms with Crippen LogP contribution in [0.4, 0.5) is 17.2 Å². The van der Waals surface area contributed by atoms with Gasteiger partial charge in [0.05, 0.1) is 23.6 Å². The van der Waals surface area contributed by atoms with Crippen molar-refractivity contribution in [2.75, 3.05) is 74.1 Å². The molecular formula is C49H60N12O3. The first-order valence-corrected chi connectivity index (χ1v) is 22.4. The van der Waals surface area contributed by atoms with Crippen LogP contribution in [0.1, 0.15) is 80.6 Å². The molecule has 8 rings (SSSR count). The second-order valence-electron chi connectivity index (χ2n) is 18.1. The molecule has 2 fully saturated rings. The maximum atomic E-state index is 13.0. The summed E-state index contributed by atoms with van der Waals surface area (Å²) in [6.07, 6.45) is 8.24. The van der Waals surface area contributed by atoms with Crippen LogP contribution < -0.4 is 25.3 Å². The molecule has 334 valence electrons. The third kappa shape index (κ3) is 9.94. The summed E-state index contributed by atoms with van der Waals surface area (Å²) in [6.45, 7) is 21.6. The second kappa shape index (κ2) is 19.0. The molecule has 0 spiro atoms. The van der Waals surface area contributed by atoms with Gasteiger partial charge < -0.3 is 29.9 Å².